The van der Waals surface area contributed by atoms with Crippen LogP contribution in [0.4, 0.5) is 0 Å². The van der Waals surface area contributed by atoms with Crippen LogP contribution in [0.15, 0.2) is 42.6 Å². The van der Waals surface area contributed by atoms with Crippen LogP contribution < -0.4 is 0 Å². The van der Waals surface area contributed by atoms with Gasteiger partial charge in [-0.1, -0.05) is 35.9 Å². The predicted octanol–water partition coefficient (Wildman–Crippen LogP) is 3.69. The standard InChI is InChI=1S/C15H11ClNO/c1-11-6-7-13(9-17-11)14(10-18)8-12-4-2-3-5-15(12)16/h2-9H,1H3. The second-order valence-electron chi connectivity index (χ2n) is 3.87. The van der Waals surface area contributed by atoms with Gasteiger partial charge in [0.25, 0.3) is 0 Å². The first-order chi connectivity index (χ1) is 8.70. The van der Waals surface area contributed by atoms with E-state index in [-0.39, 0.29) is 0 Å². The van der Waals surface area contributed by atoms with Gasteiger partial charge in [0, 0.05) is 28.0 Å². The van der Waals surface area contributed by atoms with Crippen molar-refractivity contribution in [3.05, 3.63) is 64.4 Å². The fourth-order valence-electron chi connectivity index (χ4n) is 1.55. The van der Waals surface area contributed by atoms with Crippen molar-refractivity contribution in [3.8, 4) is 0 Å². The maximum absolute atomic E-state index is 11.0. The summed E-state index contributed by atoms with van der Waals surface area (Å²) >= 11 is 6.05. The first kappa shape index (κ1) is 12.5. The van der Waals surface area contributed by atoms with Gasteiger partial charge in [-0.25, -0.2) is 0 Å². The fourth-order valence-corrected chi connectivity index (χ4v) is 1.74. The molecule has 1 radical (unpaired) electrons. The zero-order valence-electron chi connectivity index (χ0n) is 9.85. The molecular weight excluding hydrogens is 246 g/mol. The van der Waals surface area contributed by atoms with Crippen molar-refractivity contribution in [1.29, 1.82) is 0 Å². The molecule has 0 unspecified atom stereocenters. The largest absolute Gasteiger partial charge is 0.285 e. The van der Waals surface area contributed by atoms with Crippen LogP contribution in [-0.2, 0) is 4.79 Å². The third kappa shape index (κ3) is 2.84. The van der Waals surface area contributed by atoms with E-state index < -0.39 is 0 Å². The smallest absolute Gasteiger partial charge is 0.234 e. The molecule has 0 amide bonds. The van der Waals surface area contributed by atoms with Gasteiger partial charge < -0.3 is 0 Å². The maximum atomic E-state index is 11.0. The van der Waals surface area contributed by atoms with E-state index in [0.29, 0.717) is 10.6 Å². The average Bonchev–Trinajstić information content (AvgIpc) is 2.39. The van der Waals surface area contributed by atoms with Crippen molar-refractivity contribution in [1.82, 2.24) is 4.98 Å². The Labute approximate surface area is 111 Å². The van der Waals surface area contributed by atoms with Crippen LogP contribution in [0.1, 0.15) is 16.8 Å². The minimum Gasteiger partial charge on any atom is -0.285 e. The summed E-state index contributed by atoms with van der Waals surface area (Å²) in [5.41, 5.74) is 2.87. The Morgan fingerprint density at radius 2 is 2.06 bits per heavy atom. The highest BCUT2D eigenvalue weighted by atomic mass is 35.5. The molecule has 0 bridgehead atoms. The lowest BCUT2D eigenvalue weighted by molar-refractivity contribution is 0.565. The van der Waals surface area contributed by atoms with Crippen molar-refractivity contribution in [3.63, 3.8) is 0 Å². The van der Waals surface area contributed by atoms with Gasteiger partial charge in [-0.15, -0.1) is 0 Å². The summed E-state index contributed by atoms with van der Waals surface area (Å²) in [4.78, 5) is 15.2. The SMILES string of the molecule is Cc1ccc(C([C]=O)=Cc2ccccc2Cl)cn1. The van der Waals surface area contributed by atoms with Crippen molar-refractivity contribution in [2.75, 3.05) is 0 Å². The monoisotopic (exact) mass is 256 g/mol. The molecule has 0 saturated heterocycles. The van der Waals surface area contributed by atoms with Gasteiger partial charge in [0.05, 0.1) is 0 Å². The molecule has 18 heavy (non-hydrogen) atoms. The molecule has 0 saturated carbocycles. The molecule has 0 spiro atoms. The fraction of sp³-hybridized carbons (Fsp3) is 0.0667. The molecule has 1 aromatic heterocycles. The second-order valence-corrected chi connectivity index (χ2v) is 4.28. The highest BCUT2D eigenvalue weighted by molar-refractivity contribution is 6.32. The van der Waals surface area contributed by atoms with Gasteiger partial charge >= 0.3 is 0 Å². The van der Waals surface area contributed by atoms with E-state index in [1.165, 1.54) is 0 Å². The number of aryl methyl sites for hydroxylation is 1. The Kier molecular flexibility index (Phi) is 3.90. The summed E-state index contributed by atoms with van der Waals surface area (Å²) in [5.74, 6) is 0. The quantitative estimate of drug-likeness (QED) is 0.784. The Bertz CT molecular complexity index is 588. The summed E-state index contributed by atoms with van der Waals surface area (Å²) in [5, 5.41) is 0.602. The minimum absolute atomic E-state index is 0.440. The molecule has 1 heterocycles. The summed E-state index contributed by atoms with van der Waals surface area (Å²) in [6.07, 6.45) is 5.29. The van der Waals surface area contributed by atoms with Gasteiger partial charge in [-0.05, 0) is 30.7 Å². The van der Waals surface area contributed by atoms with Crippen LogP contribution in [0.5, 0.6) is 0 Å². The van der Waals surface area contributed by atoms with E-state index in [4.69, 9.17) is 11.6 Å². The van der Waals surface area contributed by atoms with E-state index in [1.807, 2.05) is 43.5 Å². The summed E-state index contributed by atoms with van der Waals surface area (Å²) < 4.78 is 0. The number of carbonyl (C=O) groups excluding carboxylic acids is 1. The van der Waals surface area contributed by atoms with Crippen LogP contribution in [-0.4, -0.2) is 11.3 Å². The third-order valence-corrected chi connectivity index (χ3v) is 2.88. The lowest BCUT2D eigenvalue weighted by Crippen LogP contribution is -1.89. The average molecular weight is 257 g/mol. The zero-order valence-corrected chi connectivity index (χ0v) is 10.6. The molecule has 2 rings (SSSR count). The summed E-state index contributed by atoms with van der Waals surface area (Å²) in [6, 6.07) is 11.0. The lowest BCUT2D eigenvalue weighted by Gasteiger charge is -2.02. The highest BCUT2D eigenvalue weighted by Crippen LogP contribution is 2.21. The zero-order chi connectivity index (χ0) is 13.0. The Morgan fingerprint density at radius 1 is 1.28 bits per heavy atom. The first-order valence-corrected chi connectivity index (χ1v) is 5.86. The number of hydrogen-bond donors (Lipinski definition) is 0. The summed E-state index contributed by atoms with van der Waals surface area (Å²) in [7, 11) is 0. The molecule has 0 aliphatic carbocycles. The van der Waals surface area contributed by atoms with E-state index in [9.17, 15) is 4.79 Å². The molecule has 2 nitrogen and oxygen atoms in total. The maximum Gasteiger partial charge on any atom is 0.234 e. The topological polar surface area (TPSA) is 30.0 Å². The molecule has 3 heteroatoms. The molecule has 0 atom stereocenters. The first-order valence-electron chi connectivity index (χ1n) is 5.48. The van der Waals surface area contributed by atoms with Gasteiger partial charge in [-0.2, -0.15) is 0 Å². The number of rotatable bonds is 3. The van der Waals surface area contributed by atoms with Crippen LogP contribution in [0.2, 0.25) is 5.02 Å². The van der Waals surface area contributed by atoms with Gasteiger partial charge in [0.1, 0.15) is 0 Å². The van der Waals surface area contributed by atoms with Crippen molar-refractivity contribution in [2.24, 2.45) is 0 Å². The van der Waals surface area contributed by atoms with Crippen LogP contribution in [0, 0.1) is 6.92 Å². The Hall–Kier alpha value is -1.93. The van der Waals surface area contributed by atoms with Crippen LogP contribution in [0.3, 0.4) is 0 Å². The lowest BCUT2D eigenvalue weighted by atomic mass is 10.1. The predicted molar refractivity (Wildman–Crippen MR) is 74.0 cm³/mol. The van der Waals surface area contributed by atoms with E-state index in [2.05, 4.69) is 4.98 Å². The van der Waals surface area contributed by atoms with E-state index in [0.717, 1.165) is 16.8 Å². The number of nitrogens with zero attached hydrogens (tertiary/aromatic N) is 1. The molecular formula is C15H11ClNO. The van der Waals surface area contributed by atoms with E-state index in [1.54, 1.807) is 18.3 Å². The second kappa shape index (κ2) is 5.61. The highest BCUT2D eigenvalue weighted by Gasteiger charge is 2.04. The minimum atomic E-state index is 0.440. The van der Waals surface area contributed by atoms with Gasteiger partial charge in [-0.3, -0.25) is 9.78 Å². The number of allylic oxidation sites excluding steroid dienone is 1. The van der Waals surface area contributed by atoms with Crippen molar-refractivity contribution in [2.45, 2.75) is 6.92 Å². The molecule has 89 valence electrons. The van der Waals surface area contributed by atoms with Gasteiger partial charge in [0.2, 0.25) is 6.29 Å². The number of benzene rings is 1. The van der Waals surface area contributed by atoms with Crippen molar-refractivity contribution >= 4 is 29.5 Å². The number of pyridine rings is 1. The Balaban J connectivity index is 2.43. The molecule has 0 aliphatic rings. The number of hydrogen-bond acceptors (Lipinski definition) is 2. The third-order valence-electron chi connectivity index (χ3n) is 2.54. The molecule has 0 N–H and O–H groups in total. The van der Waals surface area contributed by atoms with Crippen LogP contribution >= 0.6 is 11.6 Å². The molecule has 2 aromatic rings. The van der Waals surface area contributed by atoms with Crippen LogP contribution in [0.25, 0.3) is 11.6 Å². The normalized spacial score (nSPS) is 11.3. The molecule has 0 aliphatic heterocycles. The van der Waals surface area contributed by atoms with Gasteiger partial charge in [0.15, 0.2) is 0 Å². The summed E-state index contributed by atoms with van der Waals surface area (Å²) in [6.45, 7) is 1.89. The molecule has 1 aromatic carbocycles. The van der Waals surface area contributed by atoms with E-state index >= 15 is 0 Å². The molecule has 0 fully saturated rings. The number of halogens is 1. The van der Waals surface area contributed by atoms with Crippen molar-refractivity contribution < 1.29 is 4.79 Å². The number of aromatic nitrogens is 1. The Morgan fingerprint density at radius 3 is 2.67 bits per heavy atom.